The van der Waals surface area contributed by atoms with Gasteiger partial charge in [-0.05, 0) is 42.5 Å². The van der Waals surface area contributed by atoms with E-state index in [0.717, 1.165) is 19.3 Å². The number of hydrogen-bond acceptors (Lipinski definition) is 4. The van der Waals surface area contributed by atoms with Crippen LogP contribution in [0.1, 0.15) is 33.1 Å². The summed E-state index contributed by atoms with van der Waals surface area (Å²) >= 11 is 5.96. The van der Waals surface area contributed by atoms with Gasteiger partial charge in [-0.25, -0.2) is 0 Å². The Hall–Kier alpha value is -2.64. The SMILES string of the molecule is C=CCN1C(=O)[C@@H]2[C@H](C(=O)Nc3ccc(Cl)cc3)[C@@H]3C=C[C@@]2(O3)[C@@H]1C(=O)N[C@@H]1CCC[C@@H](C)[C@@H]1C. The average Bonchev–Trinajstić information content (AvgIpc) is 3.46. The monoisotopic (exact) mass is 497 g/mol. The fourth-order valence-corrected chi connectivity index (χ4v) is 6.54. The molecule has 1 aromatic rings. The standard InChI is InChI=1S/C27H32ClN3O4/c1-4-14-31-23(25(33)30-19-7-5-6-15(2)16(19)3)27-13-12-20(35-27)21(22(27)26(31)34)24(32)29-18-10-8-17(28)9-11-18/h4,8-13,15-16,19-23H,1,5-7,14H2,2-3H3,(H,29,32)(H,30,33)/t15-,16+,19-,20+,21-,22+,23+,27+/m1/s1. The van der Waals surface area contributed by atoms with Crippen LogP contribution in [0, 0.1) is 23.7 Å². The molecule has 8 heteroatoms. The molecule has 2 bridgehead atoms. The van der Waals surface area contributed by atoms with Crippen molar-refractivity contribution in [3.63, 3.8) is 0 Å². The van der Waals surface area contributed by atoms with E-state index in [2.05, 4.69) is 31.1 Å². The van der Waals surface area contributed by atoms with Gasteiger partial charge in [-0.1, -0.05) is 56.5 Å². The summed E-state index contributed by atoms with van der Waals surface area (Å²) in [5.41, 5.74) is -0.580. The second kappa shape index (κ2) is 9.10. The van der Waals surface area contributed by atoms with Crippen LogP contribution in [0.25, 0.3) is 0 Å². The van der Waals surface area contributed by atoms with E-state index in [9.17, 15) is 14.4 Å². The van der Waals surface area contributed by atoms with Crippen LogP contribution in [-0.4, -0.2) is 53.0 Å². The van der Waals surface area contributed by atoms with Crippen LogP contribution in [0.5, 0.6) is 0 Å². The molecule has 186 valence electrons. The Labute approximate surface area is 210 Å². The summed E-state index contributed by atoms with van der Waals surface area (Å²) < 4.78 is 6.34. The highest BCUT2D eigenvalue weighted by molar-refractivity contribution is 6.30. The number of hydrogen-bond donors (Lipinski definition) is 2. The van der Waals surface area contributed by atoms with Gasteiger partial charge in [0.15, 0.2) is 0 Å². The molecular weight excluding hydrogens is 466 g/mol. The number of amides is 3. The van der Waals surface area contributed by atoms with Gasteiger partial charge < -0.3 is 20.3 Å². The molecular formula is C27H32ClN3O4. The van der Waals surface area contributed by atoms with E-state index in [1.165, 1.54) is 4.90 Å². The Morgan fingerprint density at radius 3 is 2.69 bits per heavy atom. The molecule has 35 heavy (non-hydrogen) atoms. The number of ether oxygens (including phenoxy) is 1. The summed E-state index contributed by atoms with van der Waals surface area (Å²) in [7, 11) is 0. The number of anilines is 1. The first kappa shape index (κ1) is 24.1. The summed E-state index contributed by atoms with van der Waals surface area (Å²) in [6.45, 7) is 8.38. The summed E-state index contributed by atoms with van der Waals surface area (Å²) in [5.74, 6) is -1.42. The Balaban J connectivity index is 1.42. The second-order valence-electron chi connectivity index (χ2n) is 10.4. The van der Waals surface area contributed by atoms with Gasteiger partial charge in [0.05, 0.1) is 17.9 Å². The van der Waals surface area contributed by atoms with Crippen LogP contribution in [-0.2, 0) is 19.1 Å². The van der Waals surface area contributed by atoms with Crippen molar-refractivity contribution in [2.75, 3.05) is 11.9 Å². The lowest BCUT2D eigenvalue weighted by molar-refractivity contribution is -0.141. The number of halogens is 1. The number of carbonyl (C=O) groups excluding carboxylic acids is 3. The lowest BCUT2D eigenvalue weighted by Crippen LogP contribution is -2.57. The minimum absolute atomic E-state index is 0.0500. The minimum Gasteiger partial charge on any atom is -0.359 e. The van der Waals surface area contributed by atoms with Gasteiger partial charge in [-0.3, -0.25) is 14.4 Å². The van der Waals surface area contributed by atoms with Gasteiger partial charge in [0.1, 0.15) is 11.6 Å². The van der Waals surface area contributed by atoms with Crippen LogP contribution in [0.2, 0.25) is 5.02 Å². The van der Waals surface area contributed by atoms with Gasteiger partial charge in [0.2, 0.25) is 17.7 Å². The maximum Gasteiger partial charge on any atom is 0.246 e. The molecule has 4 aliphatic rings. The first-order valence-electron chi connectivity index (χ1n) is 12.4. The second-order valence-corrected chi connectivity index (χ2v) is 10.8. The number of rotatable bonds is 6. The molecule has 3 amide bonds. The summed E-state index contributed by atoms with van der Waals surface area (Å²) in [4.78, 5) is 42.3. The summed E-state index contributed by atoms with van der Waals surface area (Å²) in [6.07, 6.45) is 7.83. The molecule has 0 radical (unpaired) electrons. The number of benzene rings is 1. The van der Waals surface area contributed by atoms with Crippen molar-refractivity contribution in [2.24, 2.45) is 23.7 Å². The average molecular weight is 498 g/mol. The highest BCUT2D eigenvalue weighted by Gasteiger charge is 2.72. The molecule has 8 atom stereocenters. The molecule has 2 saturated heterocycles. The molecule has 1 aliphatic carbocycles. The lowest BCUT2D eigenvalue weighted by atomic mass is 9.73. The molecule has 0 aromatic heterocycles. The van der Waals surface area contributed by atoms with Gasteiger partial charge in [0, 0.05) is 23.3 Å². The highest BCUT2D eigenvalue weighted by atomic mass is 35.5. The quantitative estimate of drug-likeness (QED) is 0.588. The normalized spacial score (nSPS) is 37.3. The van der Waals surface area contributed by atoms with Crippen LogP contribution in [0.15, 0.2) is 49.1 Å². The van der Waals surface area contributed by atoms with Crippen LogP contribution < -0.4 is 10.6 Å². The zero-order valence-corrected chi connectivity index (χ0v) is 20.8. The van der Waals surface area contributed by atoms with Crippen molar-refractivity contribution < 1.29 is 19.1 Å². The van der Waals surface area contributed by atoms with Crippen molar-refractivity contribution >= 4 is 35.0 Å². The summed E-state index contributed by atoms with van der Waals surface area (Å²) in [6, 6.07) is 6.00. The zero-order valence-electron chi connectivity index (χ0n) is 20.1. The molecule has 3 fully saturated rings. The van der Waals surface area contributed by atoms with Crippen molar-refractivity contribution in [2.45, 2.75) is 56.9 Å². The smallest absolute Gasteiger partial charge is 0.246 e. The van der Waals surface area contributed by atoms with E-state index in [1.807, 2.05) is 12.2 Å². The van der Waals surface area contributed by atoms with Crippen molar-refractivity contribution in [1.29, 1.82) is 0 Å². The maximum absolute atomic E-state index is 13.8. The van der Waals surface area contributed by atoms with Crippen molar-refractivity contribution in [3.8, 4) is 0 Å². The Kier molecular flexibility index (Phi) is 6.26. The predicted molar refractivity (Wildman–Crippen MR) is 134 cm³/mol. The van der Waals surface area contributed by atoms with Crippen molar-refractivity contribution in [1.82, 2.24) is 10.2 Å². The topological polar surface area (TPSA) is 87.7 Å². The van der Waals surface area contributed by atoms with E-state index in [1.54, 1.807) is 30.3 Å². The van der Waals surface area contributed by atoms with Crippen LogP contribution in [0.4, 0.5) is 5.69 Å². The molecule has 2 N–H and O–H groups in total. The molecule has 3 heterocycles. The molecule has 1 aromatic carbocycles. The largest absolute Gasteiger partial charge is 0.359 e. The minimum atomic E-state index is -1.17. The summed E-state index contributed by atoms with van der Waals surface area (Å²) in [5, 5.41) is 6.69. The van der Waals surface area contributed by atoms with E-state index in [-0.39, 0.29) is 30.3 Å². The van der Waals surface area contributed by atoms with E-state index in [0.29, 0.717) is 22.5 Å². The van der Waals surface area contributed by atoms with E-state index >= 15 is 0 Å². The fourth-order valence-electron chi connectivity index (χ4n) is 6.41. The molecule has 1 spiro atoms. The number of fused-ring (bicyclic) bond motifs is 1. The third-order valence-electron chi connectivity index (χ3n) is 8.40. The third kappa shape index (κ3) is 3.89. The Morgan fingerprint density at radius 1 is 1.23 bits per heavy atom. The Morgan fingerprint density at radius 2 is 1.97 bits per heavy atom. The number of nitrogens with one attached hydrogen (secondary N) is 2. The van der Waals surface area contributed by atoms with Gasteiger partial charge in [-0.2, -0.15) is 0 Å². The molecule has 5 rings (SSSR count). The molecule has 7 nitrogen and oxygen atoms in total. The van der Waals surface area contributed by atoms with Gasteiger partial charge in [0.25, 0.3) is 0 Å². The van der Waals surface area contributed by atoms with Crippen molar-refractivity contribution in [3.05, 3.63) is 54.1 Å². The number of nitrogens with zero attached hydrogens (tertiary/aromatic N) is 1. The maximum atomic E-state index is 13.8. The third-order valence-corrected chi connectivity index (χ3v) is 8.65. The lowest BCUT2D eigenvalue weighted by Gasteiger charge is -2.37. The first-order valence-corrected chi connectivity index (χ1v) is 12.8. The zero-order chi connectivity index (χ0) is 24.9. The van der Waals surface area contributed by atoms with Gasteiger partial charge in [-0.15, -0.1) is 6.58 Å². The molecule has 3 aliphatic heterocycles. The van der Waals surface area contributed by atoms with E-state index in [4.69, 9.17) is 16.3 Å². The number of carbonyl (C=O) groups is 3. The molecule has 1 saturated carbocycles. The first-order chi connectivity index (χ1) is 16.8. The fraction of sp³-hybridized carbons (Fsp3) is 0.519. The van der Waals surface area contributed by atoms with Crippen LogP contribution in [0.3, 0.4) is 0 Å². The van der Waals surface area contributed by atoms with Crippen LogP contribution >= 0.6 is 11.6 Å². The van der Waals surface area contributed by atoms with Gasteiger partial charge >= 0.3 is 0 Å². The highest BCUT2D eigenvalue weighted by Crippen LogP contribution is 2.55. The molecule has 0 unspecified atom stereocenters. The van der Waals surface area contributed by atoms with E-state index < -0.39 is 29.6 Å². The predicted octanol–water partition coefficient (Wildman–Crippen LogP) is 3.56. The Bertz CT molecular complexity index is 1070. The number of likely N-dealkylation sites (tertiary alicyclic amines) is 1.